The number of nitrogens with one attached hydrogen (secondary N) is 2. The number of carbonyl (C=O) groups is 1. The molecular weight excluding hydrogens is 312 g/mol. The number of fused-ring (bicyclic) bond motifs is 1. The number of H-pyrrole nitrogens is 1. The van der Waals surface area contributed by atoms with Gasteiger partial charge in [-0.2, -0.15) is 0 Å². The molecule has 7 heteroatoms. The van der Waals surface area contributed by atoms with Crippen LogP contribution in [0.2, 0.25) is 0 Å². The van der Waals surface area contributed by atoms with Crippen LogP contribution in [0.15, 0.2) is 35.7 Å². The Hall–Kier alpha value is -2.22. The molecular formula is C16H16N4O2S. The Balaban J connectivity index is 1.52. The number of carbonyl (C=O) groups excluding carboxylic acids is 1. The minimum absolute atomic E-state index is 0.175. The van der Waals surface area contributed by atoms with E-state index in [0.29, 0.717) is 32.0 Å². The molecule has 3 heterocycles. The molecule has 0 unspecified atom stereocenters. The van der Waals surface area contributed by atoms with Crippen LogP contribution in [-0.4, -0.2) is 47.2 Å². The van der Waals surface area contributed by atoms with Gasteiger partial charge in [-0.3, -0.25) is 10.2 Å². The van der Waals surface area contributed by atoms with Gasteiger partial charge < -0.3 is 9.72 Å². The molecule has 3 aromatic rings. The third-order valence-electron chi connectivity index (χ3n) is 3.77. The second-order valence-corrected chi connectivity index (χ2v) is 6.21. The van der Waals surface area contributed by atoms with E-state index in [1.54, 1.807) is 5.38 Å². The third kappa shape index (κ3) is 2.98. The van der Waals surface area contributed by atoms with E-state index >= 15 is 0 Å². The first-order valence-electron chi connectivity index (χ1n) is 7.47. The molecule has 4 rings (SSSR count). The summed E-state index contributed by atoms with van der Waals surface area (Å²) in [5.41, 5.74) is 5.31. The molecule has 0 aliphatic carbocycles. The number of nitrogens with zero attached hydrogens (tertiary/aromatic N) is 2. The highest BCUT2D eigenvalue weighted by molar-refractivity contribution is 7.13. The summed E-state index contributed by atoms with van der Waals surface area (Å²) in [7, 11) is 0. The molecule has 0 radical (unpaired) electrons. The maximum atomic E-state index is 12.3. The van der Waals surface area contributed by atoms with Gasteiger partial charge in [0.05, 0.1) is 18.9 Å². The molecule has 23 heavy (non-hydrogen) atoms. The summed E-state index contributed by atoms with van der Waals surface area (Å²) in [6, 6.07) is 10.1. The molecule has 1 aliphatic heterocycles. The summed E-state index contributed by atoms with van der Waals surface area (Å²) < 4.78 is 5.27. The molecule has 0 spiro atoms. The highest BCUT2D eigenvalue weighted by Crippen LogP contribution is 2.26. The average Bonchev–Trinajstić information content (AvgIpc) is 3.22. The molecule has 2 N–H and O–H groups in total. The van der Waals surface area contributed by atoms with Gasteiger partial charge in [-0.1, -0.05) is 18.2 Å². The topological polar surface area (TPSA) is 70.2 Å². The van der Waals surface area contributed by atoms with Crippen LogP contribution in [0.25, 0.3) is 21.6 Å². The lowest BCUT2D eigenvalue weighted by Crippen LogP contribution is -2.48. The van der Waals surface area contributed by atoms with Crippen molar-refractivity contribution >= 4 is 28.1 Å². The number of thiazole rings is 1. The number of aromatic amines is 1. The lowest BCUT2D eigenvalue weighted by atomic mass is 10.2. The summed E-state index contributed by atoms with van der Waals surface area (Å²) in [6.07, 6.45) is 0. The largest absolute Gasteiger partial charge is 0.379 e. The highest BCUT2D eigenvalue weighted by atomic mass is 32.1. The second kappa shape index (κ2) is 6.11. The van der Waals surface area contributed by atoms with Crippen LogP contribution in [0.4, 0.5) is 0 Å². The minimum atomic E-state index is -0.175. The molecule has 0 atom stereocenters. The van der Waals surface area contributed by atoms with E-state index in [4.69, 9.17) is 4.74 Å². The Bertz CT molecular complexity index is 802. The molecule has 6 nitrogen and oxygen atoms in total. The van der Waals surface area contributed by atoms with Gasteiger partial charge in [-0.25, -0.2) is 9.99 Å². The SMILES string of the molecule is O=C(NN1CCOCC1)c1csc(-c2cc3ccccc3[nH]2)n1. The summed E-state index contributed by atoms with van der Waals surface area (Å²) in [5.74, 6) is -0.175. The predicted octanol–water partition coefficient (Wildman–Crippen LogP) is 2.27. The minimum Gasteiger partial charge on any atom is -0.379 e. The van der Waals surface area contributed by atoms with Crippen LogP contribution in [0.3, 0.4) is 0 Å². The van der Waals surface area contributed by atoms with Crippen molar-refractivity contribution in [3.63, 3.8) is 0 Å². The quantitative estimate of drug-likeness (QED) is 0.774. The Labute approximate surface area is 137 Å². The van der Waals surface area contributed by atoms with Crippen LogP contribution in [0.5, 0.6) is 0 Å². The number of aromatic nitrogens is 2. The summed E-state index contributed by atoms with van der Waals surface area (Å²) in [6.45, 7) is 2.67. The van der Waals surface area contributed by atoms with Crippen LogP contribution < -0.4 is 5.43 Å². The van der Waals surface area contributed by atoms with Crippen molar-refractivity contribution in [3.05, 3.63) is 41.4 Å². The third-order valence-corrected chi connectivity index (χ3v) is 4.64. The number of hydrazine groups is 1. The number of morpholine rings is 1. The van der Waals surface area contributed by atoms with Gasteiger partial charge in [-0.15, -0.1) is 11.3 Å². The van der Waals surface area contributed by atoms with Gasteiger partial charge in [-0.05, 0) is 12.1 Å². The standard InChI is InChI=1S/C16H16N4O2S/c21-15(19-20-5-7-22-8-6-20)14-10-23-16(18-14)13-9-11-3-1-2-4-12(11)17-13/h1-4,9-10,17H,5-8H2,(H,19,21). The fourth-order valence-electron chi connectivity index (χ4n) is 2.57. The zero-order valence-corrected chi connectivity index (χ0v) is 13.2. The zero-order chi connectivity index (χ0) is 15.6. The summed E-state index contributed by atoms with van der Waals surface area (Å²) in [4.78, 5) is 20.1. The molecule has 1 aromatic carbocycles. The van der Waals surface area contributed by atoms with Crippen LogP contribution in [-0.2, 0) is 4.74 Å². The number of hydrogen-bond donors (Lipinski definition) is 2. The molecule has 1 aliphatic rings. The van der Waals surface area contributed by atoms with Gasteiger partial charge in [0.2, 0.25) is 0 Å². The molecule has 1 fully saturated rings. The van der Waals surface area contributed by atoms with Gasteiger partial charge in [0.25, 0.3) is 5.91 Å². The molecule has 0 saturated carbocycles. The van der Waals surface area contributed by atoms with Crippen molar-refractivity contribution in [2.45, 2.75) is 0 Å². The Morgan fingerprint density at radius 3 is 2.96 bits per heavy atom. The highest BCUT2D eigenvalue weighted by Gasteiger charge is 2.17. The van der Waals surface area contributed by atoms with E-state index < -0.39 is 0 Å². The second-order valence-electron chi connectivity index (χ2n) is 5.35. The van der Waals surface area contributed by atoms with Crippen molar-refractivity contribution in [1.82, 2.24) is 20.4 Å². The smallest absolute Gasteiger partial charge is 0.285 e. The van der Waals surface area contributed by atoms with E-state index in [2.05, 4.69) is 27.5 Å². The van der Waals surface area contributed by atoms with Crippen molar-refractivity contribution in [1.29, 1.82) is 0 Å². The fraction of sp³-hybridized carbons (Fsp3) is 0.250. The van der Waals surface area contributed by atoms with E-state index in [0.717, 1.165) is 21.6 Å². The number of amides is 1. The first kappa shape index (κ1) is 14.4. The van der Waals surface area contributed by atoms with Crippen molar-refractivity contribution in [2.24, 2.45) is 0 Å². The first-order valence-corrected chi connectivity index (χ1v) is 8.35. The molecule has 2 aromatic heterocycles. The Kier molecular flexibility index (Phi) is 3.82. The van der Waals surface area contributed by atoms with E-state index in [1.165, 1.54) is 11.3 Å². The van der Waals surface area contributed by atoms with Gasteiger partial charge >= 0.3 is 0 Å². The normalized spacial score (nSPS) is 15.8. The van der Waals surface area contributed by atoms with Crippen LogP contribution in [0.1, 0.15) is 10.5 Å². The van der Waals surface area contributed by atoms with E-state index in [9.17, 15) is 4.79 Å². The van der Waals surface area contributed by atoms with Gasteiger partial charge in [0, 0.05) is 29.4 Å². The Morgan fingerprint density at radius 2 is 2.13 bits per heavy atom. The van der Waals surface area contributed by atoms with Crippen LogP contribution in [0, 0.1) is 0 Å². The van der Waals surface area contributed by atoms with E-state index in [-0.39, 0.29) is 5.91 Å². The number of ether oxygens (including phenoxy) is 1. The monoisotopic (exact) mass is 328 g/mol. The zero-order valence-electron chi connectivity index (χ0n) is 12.4. The maximum absolute atomic E-state index is 12.3. The predicted molar refractivity (Wildman–Crippen MR) is 89.3 cm³/mol. The summed E-state index contributed by atoms with van der Waals surface area (Å²) in [5, 5.41) is 5.61. The van der Waals surface area contributed by atoms with Crippen molar-refractivity contribution in [3.8, 4) is 10.7 Å². The van der Waals surface area contributed by atoms with Crippen molar-refractivity contribution < 1.29 is 9.53 Å². The van der Waals surface area contributed by atoms with E-state index in [1.807, 2.05) is 23.2 Å². The Morgan fingerprint density at radius 1 is 1.30 bits per heavy atom. The number of para-hydroxylation sites is 1. The van der Waals surface area contributed by atoms with Gasteiger partial charge in [0.1, 0.15) is 10.7 Å². The molecule has 0 bridgehead atoms. The summed E-state index contributed by atoms with van der Waals surface area (Å²) >= 11 is 1.46. The maximum Gasteiger partial charge on any atom is 0.285 e. The average molecular weight is 328 g/mol. The lowest BCUT2D eigenvalue weighted by molar-refractivity contribution is 0.0125. The molecule has 118 valence electrons. The lowest BCUT2D eigenvalue weighted by Gasteiger charge is -2.26. The van der Waals surface area contributed by atoms with Gasteiger partial charge in [0.15, 0.2) is 0 Å². The van der Waals surface area contributed by atoms with Crippen LogP contribution >= 0.6 is 11.3 Å². The first-order chi connectivity index (χ1) is 11.3. The fourth-order valence-corrected chi connectivity index (χ4v) is 3.34. The number of hydrogen-bond acceptors (Lipinski definition) is 5. The molecule has 1 saturated heterocycles. The number of benzene rings is 1. The number of rotatable bonds is 3. The molecule has 1 amide bonds. The van der Waals surface area contributed by atoms with Crippen molar-refractivity contribution in [2.75, 3.05) is 26.3 Å².